The zero-order valence-electron chi connectivity index (χ0n) is 107. The number of methoxy groups -OCH3 is 1. The molecule has 1 saturated carbocycles. The number of hydrogen-bond donors (Lipinski definition) is 3. The van der Waals surface area contributed by atoms with Gasteiger partial charge in [0.05, 0.1) is 30.2 Å². The van der Waals surface area contributed by atoms with E-state index in [4.69, 9.17) is 14.3 Å². The molecule has 0 unspecified atom stereocenters. The highest BCUT2D eigenvalue weighted by Crippen LogP contribution is 2.35. The van der Waals surface area contributed by atoms with Crippen LogP contribution >= 0.6 is 0 Å². The van der Waals surface area contributed by atoms with Gasteiger partial charge in [-0.25, -0.2) is 26.4 Å². The summed E-state index contributed by atoms with van der Waals surface area (Å²) < 4.78 is 56.3. The molecule has 149 heavy (non-hydrogen) atoms. The van der Waals surface area contributed by atoms with Crippen molar-refractivity contribution in [3.8, 4) is 0 Å². The molecule has 7 aliphatic rings. The van der Waals surface area contributed by atoms with E-state index < -0.39 is 25.8 Å². The summed E-state index contributed by atoms with van der Waals surface area (Å²) in [6, 6.07) is 11.3. The van der Waals surface area contributed by atoms with Gasteiger partial charge in [-0.1, -0.05) is 218 Å². The van der Waals surface area contributed by atoms with Crippen molar-refractivity contribution in [3.63, 3.8) is 0 Å². The second-order valence-electron chi connectivity index (χ2n) is 58.0. The van der Waals surface area contributed by atoms with E-state index in [1.54, 1.807) is 33.1 Å². The number of Topliss-reactive ketones (excluding diaryl/α,β-unsaturated/α-hetero) is 2. The molecule has 0 bridgehead atoms. The lowest BCUT2D eigenvalue weighted by molar-refractivity contribution is -0.122. The smallest absolute Gasteiger partial charge is 0.335 e. The molecule has 7 heterocycles. The van der Waals surface area contributed by atoms with Gasteiger partial charge in [0.1, 0.15) is 32.9 Å². The van der Waals surface area contributed by atoms with E-state index in [1.807, 2.05) is 66.7 Å². The molecule has 9 rings (SSSR count). The number of nitrogens with one attached hydrogen (secondary N) is 2. The zero-order valence-corrected chi connectivity index (χ0v) is 108. The molecule has 6 saturated heterocycles. The summed E-state index contributed by atoms with van der Waals surface area (Å²) in [5, 5.41) is 11.7. The third kappa shape index (κ3) is 101. The summed E-state index contributed by atoms with van der Waals surface area (Å²) in [5.41, 5.74) is 5.14. The van der Waals surface area contributed by atoms with Crippen molar-refractivity contribution in [2.24, 2.45) is 43.8 Å². The second-order valence-corrected chi connectivity index (χ2v) is 62.3. The van der Waals surface area contributed by atoms with Gasteiger partial charge in [0.15, 0.2) is 0 Å². The SMILES string of the molecule is C.C.CC(=O)CN1CCN(C(C)(C)C)CC1.CC(=O)NC(C)(C)C.CC(C)(C)C.CC(C)(C)CC(=O)C1CC1.CC(C)(C)CS(C)(=O)=O.CC(C)(C)Cc1ccccc1C(=O)O.CC(C)(C)N1CCCCC1.CC(C)(C)N1CCCCC1.CCC(C)(C)C.CCCN1CCN(C(C)(C)C)CC1.CCS(=O)(=O)NCCC(C)(C)C.CN1CCN(C(C)(C)C)CC1.COCCN1CCN(C(C)(C)C)CC1.Cc1ccc(CC(C)(C)C)o1. The van der Waals surface area contributed by atoms with Crippen LogP contribution in [0.3, 0.4) is 0 Å². The molecule has 1 aromatic heterocycles. The Morgan fingerprint density at radius 1 is 0.430 bits per heavy atom. The van der Waals surface area contributed by atoms with Gasteiger partial charge in [-0.2, -0.15) is 0 Å². The summed E-state index contributed by atoms with van der Waals surface area (Å²) in [6.45, 7) is 134. The number of carbonyl (C=O) groups is 4. The number of likely N-dealkylation sites (tertiary alicyclic amines) is 2. The number of sulfonamides is 1. The molecular weight excluding hydrogens is 1900 g/mol. The van der Waals surface area contributed by atoms with Crippen LogP contribution < -0.4 is 10.0 Å². The van der Waals surface area contributed by atoms with Crippen molar-refractivity contribution in [2.75, 3.05) is 196 Å². The van der Waals surface area contributed by atoms with Gasteiger partial charge < -0.3 is 29.4 Å². The summed E-state index contributed by atoms with van der Waals surface area (Å²) >= 11 is 0. The number of ether oxygens (including phenoxy) is 1. The Kier molecular flexibility index (Phi) is 78.3. The number of carboxylic acids is 1. The number of rotatable bonds is 17. The number of hydrogen-bond acceptors (Lipinski definition) is 20. The third-order valence-corrected chi connectivity index (χ3v) is 27.5. The first-order valence-corrected chi connectivity index (χ1v) is 60.4. The number of ketones is 2. The molecule has 0 atom stereocenters. The van der Waals surface area contributed by atoms with Crippen LogP contribution in [0.1, 0.15) is 452 Å². The van der Waals surface area contributed by atoms with E-state index in [0.717, 1.165) is 94.9 Å². The van der Waals surface area contributed by atoms with Crippen LogP contribution in [0.15, 0.2) is 40.8 Å². The van der Waals surface area contributed by atoms with Gasteiger partial charge in [0.25, 0.3) is 0 Å². The number of carbonyl (C=O) groups excluding carboxylic acids is 3. The minimum absolute atomic E-state index is 0. The first-order valence-electron chi connectivity index (χ1n) is 56.7. The van der Waals surface area contributed by atoms with Crippen LogP contribution in [0.5, 0.6) is 0 Å². The fourth-order valence-electron chi connectivity index (χ4n) is 15.9. The lowest BCUT2D eigenvalue weighted by Gasteiger charge is -2.42. The van der Waals surface area contributed by atoms with Gasteiger partial charge in [0.2, 0.25) is 15.9 Å². The average molecular weight is 2160 g/mol. The van der Waals surface area contributed by atoms with Crippen molar-refractivity contribution in [2.45, 2.75) is 483 Å². The predicted octanol–water partition coefficient (Wildman–Crippen LogP) is 27.1. The summed E-state index contributed by atoms with van der Waals surface area (Å²) in [5.74, 6) is 2.90. The molecule has 890 valence electrons. The first-order chi connectivity index (χ1) is 66.0. The lowest BCUT2D eigenvalue weighted by atomic mass is 9.86. The molecule has 1 aliphatic carbocycles. The minimum Gasteiger partial charge on any atom is -0.478 e. The summed E-state index contributed by atoms with van der Waals surface area (Å²) in [4.78, 5) is 68.4. The normalized spacial score (nSPS) is 17.4. The number of sulfone groups is 1. The number of carboxylic acid groups (broad SMARTS) is 1. The van der Waals surface area contributed by atoms with Crippen molar-refractivity contribution < 1.29 is 50.3 Å². The molecule has 25 heteroatoms. The van der Waals surface area contributed by atoms with E-state index >= 15 is 0 Å². The monoisotopic (exact) mass is 2150 g/mol. The lowest BCUT2D eigenvalue weighted by Crippen LogP contribution is -2.54. The number of aryl methyl sites for hydroxylation is 1. The number of likely N-dealkylation sites (N-methyl/N-ethyl adjacent to an activating group) is 1. The quantitative estimate of drug-likeness (QED) is 0.133. The third-order valence-electron chi connectivity index (χ3n) is 24.7. The molecule has 0 radical (unpaired) electrons. The Bertz CT molecular complexity index is 3910. The Hall–Kier alpha value is -3.80. The number of benzene rings is 1. The van der Waals surface area contributed by atoms with E-state index in [0.29, 0.717) is 74.3 Å². The maximum atomic E-state index is 11.2. The van der Waals surface area contributed by atoms with E-state index in [-0.39, 0.29) is 70.8 Å². The standard InChI is InChI=1S/C12H16O2.C11H24N2O.C11H22N2O.C11H24N2.C10H16O.C9H20N2.2C9H19N.C9H16O.C8H19NO2S.C6H13NO.C6H14O2S.C6H14.C5H12.2CH4/c1-12(2,3)8-9-6-4-5-7-10(9)11(13)14;1-11(2,3)13-7-5-12(6-8-13)9-10-14-4;1-10(14)9-12-5-7-13(8-6-12)11(2,3)4;1-5-6-12-7-9-13(10-8-12)11(2,3)4;1-8-5-6-9(11-8)7-10(2,3)4;1-9(2,3)11-7-5-10(4)6-8-11;2*1-9(2,3)10-7-5-4-6-8-10;1-9(2,3)6-8(10)7-4-5-7;1-5-12(10,11)9-7-6-8(2,3)4;1-5(8)7-6(2,3)4;1-6(2,3)5-9(4,7)8;1-5-6(2,3)4;1-5(2,3)4;;/h4-7H,8H2,1-3H3,(H,13,14);5-10H2,1-4H3;5-9H2,1-4H3;5-10H2,1-4H3;5-6H,7H2,1-4H3;5-8H2,1-4H3;2*4-8H2,1-3H3;7H,4-6H2,1-3H3;9H,5-7H2,1-4H3;1-4H3,(H,7,8);5H2,1-4H3;5H2,1-4H3;1-4H3;2*1H4. The van der Waals surface area contributed by atoms with Crippen LogP contribution in [-0.2, 0) is 51.8 Å². The second kappa shape index (κ2) is 73.8. The summed E-state index contributed by atoms with van der Waals surface area (Å²) in [6.07, 6.45) is 18.0. The maximum Gasteiger partial charge on any atom is 0.335 e. The molecule has 2 aromatic rings. The van der Waals surface area contributed by atoms with Crippen molar-refractivity contribution in [1.82, 2.24) is 59.0 Å². The Morgan fingerprint density at radius 3 is 1.00 bits per heavy atom. The number of piperazine rings is 4. The van der Waals surface area contributed by atoms with Gasteiger partial charge in [0, 0.05) is 196 Å². The minimum atomic E-state index is -2.99. The number of piperidine rings is 2. The van der Waals surface area contributed by atoms with Crippen molar-refractivity contribution in [3.05, 3.63) is 59.0 Å². The van der Waals surface area contributed by atoms with Crippen LogP contribution in [0, 0.1) is 50.7 Å². The Morgan fingerprint density at radius 2 is 0.765 bits per heavy atom. The Balaban J connectivity index is -0.000000293. The molecule has 1 aromatic carbocycles. The molecular formula is C124H256N12O11S2. The highest BCUT2D eigenvalue weighted by atomic mass is 32.2. The zero-order chi connectivity index (χ0) is 116. The number of aromatic carboxylic acids is 1. The molecule has 6 aliphatic heterocycles. The van der Waals surface area contributed by atoms with Gasteiger partial charge in [-0.15, -0.1) is 0 Å². The van der Waals surface area contributed by atoms with Gasteiger partial charge in [-0.05, 0) is 325 Å². The predicted molar refractivity (Wildman–Crippen MR) is 653 cm³/mol. The average Bonchev–Trinajstić information content (AvgIpc) is 1.16. The molecule has 7 fully saturated rings. The topological polar surface area (TPSA) is 236 Å². The van der Waals surface area contributed by atoms with Crippen LogP contribution in [0.25, 0.3) is 0 Å². The van der Waals surface area contributed by atoms with Gasteiger partial charge >= 0.3 is 5.97 Å². The molecule has 3 N–H and O–H groups in total. The van der Waals surface area contributed by atoms with E-state index in [2.05, 4.69) is 342 Å². The van der Waals surface area contributed by atoms with E-state index in [9.17, 15) is 36.0 Å². The van der Waals surface area contributed by atoms with Crippen LogP contribution in [0.2, 0.25) is 0 Å². The Labute approximate surface area is 928 Å². The molecule has 23 nitrogen and oxygen atoms in total. The fraction of sp³-hybridized carbons (Fsp3) is 0.887. The van der Waals surface area contributed by atoms with Crippen LogP contribution in [-0.4, -0.2) is 329 Å². The molecule has 0 spiro atoms. The maximum absolute atomic E-state index is 11.2. The van der Waals surface area contributed by atoms with Gasteiger partial charge in [-0.3, -0.25) is 53.6 Å². The van der Waals surface area contributed by atoms with Crippen LogP contribution in [0.4, 0.5) is 0 Å². The highest BCUT2D eigenvalue weighted by Gasteiger charge is 2.34. The largest absolute Gasteiger partial charge is 0.478 e. The summed E-state index contributed by atoms with van der Waals surface area (Å²) in [7, 11) is -1.81. The van der Waals surface area contributed by atoms with Crippen molar-refractivity contribution >= 4 is 43.3 Å². The van der Waals surface area contributed by atoms with Crippen molar-refractivity contribution in [1.29, 1.82) is 0 Å². The van der Waals surface area contributed by atoms with E-state index in [1.165, 1.54) is 176 Å². The number of amides is 1. The first kappa shape index (κ1) is 158. The highest BCUT2D eigenvalue weighted by molar-refractivity contribution is 7.90. The fourth-order valence-corrected chi connectivity index (χ4v) is 18.1. The number of nitrogens with zero attached hydrogens (tertiary/aromatic N) is 10. The number of furan rings is 1. The molecule has 1 amide bonds.